The fourth-order valence-electron chi connectivity index (χ4n) is 2.04. The number of ether oxygens (including phenoxy) is 1. The van der Waals surface area contributed by atoms with Crippen LogP contribution in [0, 0.1) is 11.6 Å². The zero-order chi connectivity index (χ0) is 16.0. The third-order valence-corrected chi connectivity index (χ3v) is 3.18. The predicted molar refractivity (Wildman–Crippen MR) is 76.9 cm³/mol. The van der Waals surface area contributed by atoms with Crippen LogP contribution in [0.2, 0.25) is 0 Å². The molecule has 0 saturated carbocycles. The summed E-state index contributed by atoms with van der Waals surface area (Å²) >= 11 is 0. The molecule has 0 bridgehead atoms. The van der Waals surface area contributed by atoms with Crippen LogP contribution in [0.15, 0.2) is 18.2 Å². The third-order valence-electron chi connectivity index (χ3n) is 3.18. The van der Waals surface area contributed by atoms with Gasteiger partial charge in [0.05, 0.1) is 12.2 Å². The fraction of sp³-hybridized carbons (Fsp3) is 0.533. The van der Waals surface area contributed by atoms with Crippen LogP contribution in [-0.2, 0) is 15.1 Å². The zero-order valence-electron chi connectivity index (χ0n) is 12.9. The fourth-order valence-corrected chi connectivity index (χ4v) is 2.04. The van der Waals surface area contributed by atoms with Crippen molar-refractivity contribution in [2.75, 3.05) is 33.8 Å². The van der Waals surface area contributed by atoms with Crippen LogP contribution in [0.25, 0.3) is 0 Å². The first kappa shape index (κ1) is 17.5. The van der Waals surface area contributed by atoms with Gasteiger partial charge in [-0.1, -0.05) is 6.07 Å². The van der Waals surface area contributed by atoms with Crippen molar-refractivity contribution >= 4 is 5.97 Å². The molecule has 1 N–H and O–H groups in total. The maximum absolute atomic E-state index is 14.0. The Morgan fingerprint density at radius 3 is 2.38 bits per heavy atom. The number of nitrogens with zero attached hydrogens (tertiary/aromatic N) is 1. The number of carbonyl (C=O) groups excluding carboxylic acids is 1. The number of nitrogens with one attached hydrogen (secondary N) is 1. The van der Waals surface area contributed by atoms with Gasteiger partial charge in [0.1, 0.15) is 17.2 Å². The van der Waals surface area contributed by atoms with E-state index in [1.54, 1.807) is 6.92 Å². The minimum atomic E-state index is -1.57. The number of hydrogen-bond donors (Lipinski definition) is 1. The van der Waals surface area contributed by atoms with Crippen LogP contribution in [-0.4, -0.2) is 44.7 Å². The quantitative estimate of drug-likeness (QED) is 0.781. The van der Waals surface area contributed by atoms with Gasteiger partial charge in [-0.25, -0.2) is 13.6 Å². The van der Waals surface area contributed by atoms with Gasteiger partial charge in [-0.3, -0.25) is 5.32 Å². The molecule has 0 aromatic heterocycles. The highest BCUT2D eigenvalue weighted by Crippen LogP contribution is 2.28. The highest BCUT2D eigenvalue weighted by atomic mass is 19.1. The predicted octanol–water partition coefficient (Wildman–Crippen LogP) is 1.89. The molecule has 118 valence electrons. The summed E-state index contributed by atoms with van der Waals surface area (Å²) in [6, 6.07) is 3.52. The number of halogens is 2. The van der Waals surface area contributed by atoms with Crippen molar-refractivity contribution in [3.05, 3.63) is 35.4 Å². The maximum Gasteiger partial charge on any atom is 0.330 e. The maximum atomic E-state index is 14.0. The standard InChI is InChI=1S/C15H22F2N2O2/c1-5-21-14(20)15(2,18-9-10-19(3)4)13-11(16)7-6-8-12(13)17/h6-8,18H,5,9-10H2,1-4H3. The first-order valence-corrected chi connectivity index (χ1v) is 6.84. The normalized spacial score (nSPS) is 14.0. The Kier molecular flexibility index (Phi) is 6.23. The van der Waals surface area contributed by atoms with Gasteiger partial charge < -0.3 is 9.64 Å². The van der Waals surface area contributed by atoms with Gasteiger partial charge in [-0.2, -0.15) is 0 Å². The Hall–Kier alpha value is -1.53. The number of likely N-dealkylation sites (N-methyl/N-ethyl adjacent to an activating group) is 1. The number of esters is 1. The molecule has 1 unspecified atom stereocenters. The highest BCUT2D eigenvalue weighted by Gasteiger charge is 2.40. The van der Waals surface area contributed by atoms with Gasteiger partial charge in [0.25, 0.3) is 0 Å². The summed E-state index contributed by atoms with van der Waals surface area (Å²) in [4.78, 5) is 14.1. The third kappa shape index (κ3) is 4.22. The highest BCUT2D eigenvalue weighted by molar-refractivity contribution is 5.82. The molecular weight excluding hydrogens is 278 g/mol. The molecule has 4 nitrogen and oxygen atoms in total. The molecule has 21 heavy (non-hydrogen) atoms. The monoisotopic (exact) mass is 300 g/mol. The second kappa shape index (κ2) is 7.47. The Morgan fingerprint density at radius 2 is 1.90 bits per heavy atom. The van der Waals surface area contributed by atoms with E-state index in [1.807, 2.05) is 19.0 Å². The zero-order valence-corrected chi connectivity index (χ0v) is 12.9. The van der Waals surface area contributed by atoms with Crippen molar-refractivity contribution in [3.8, 4) is 0 Å². The molecule has 0 radical (unpaired) electrons. The molecule has 0 heterocycles. The summed E-state index contributed by atoms with van der Waals surface area (Å²) in [5.41, 5.74) is -1.89. The summed E-state index contributed by atoms with van der Waals surface area (Å²) in [7, 11) is 3.74. The molecule has 0 aliphatic heterocycles. The van der Waals surface area contributed by atoms with Gasteiger partial charge in [0, 0.05) is 13.1 Å². The Balaban J connectivity index is 3.15. The molecule has 6 heteroatoms. The average Bonchev–Trinajstić information content (AvgIpc) is 2.38. The van der Waals surface area contributed by atoms with Crippen LogP contribution < -0.4 is 5.32 Å². The van der Waals surface area contributed by atoms with Crippen molar-refractivity contribution < 1.29 is 18.3 Å². The number of benzene rings is 1. The second-order valence-electron chi connectivity index (χ2n) is 5.17. The number of carbonyl (C=O) groups is 1. The van der Waals surface area contributed by atoms with Crippen molar-refractivity contribution in [1.29, 1.82) is 0 Å². The lowest BCUT2D eigenvalue weighted by Crippen LogP contribution is -2.50. The van der Waals surface area contributed by atoms with Crippen molar-refractivity contribution in [2.24, 2.45) is 0 Å². The molecule has 1 rings (SSSR count). The van der Waals surface area contributed by atoms with Crippen LogP contribution >= 0.6 is 0 Å². The molecule has 0 saturated heterocycles. The van der Waals surface area contributed by atoms with Gasteiger partial charge in [0.15, 0.2) is 0 Å². The van der Waals surface area contributed by atoms with Gasteiger partial charge in [-0.15, -0.1) is 0 Å². The van der Waals surface area contributed by atoms with E-state index in [1.165, 1.54) is 13.0 Å². The molecule has 1 aromatic rings. The average molecular weight is 300 g/mol. The molecule has 0 fully saturated rings. The molecule has 0 aliphatic carbocycles. The minimum absolute atomic E-state index is 0.139. The second-order valence-corrected chi connectivity index (χ2v) is 5.17. The van der Waals surface area contributed by atoms with E-state index in [-0.39, 0.29) is 12.2 Å². The van der Waals surface area contributed by atoms with Gasteiger partial charge >= 0.3 is 5.97 Å². The lowest BCUT2D eigenvalue weighted by molar-refractivity contribution is -0.151. The van der Waals surface area contributed by atoms with E-state index in [4.69, 9.17) is 4.74 Å². The van der Waals surface area contributed by atoms with E-state index in [2.05, 4.69) is 5.32 Å². The lowest BCUT2D eigenvalue weighted by Gasteiger charge is -2.30. The van der Waals surface area contributed by atoms with E-state index in [9.17, 15) is 13.6 Å². The summed E-state index contributed by atoms with van der Waals surface area (Å²) < 4.78 is 33.0. The summed E-state index contributed by atoms with van der Waals surface area (Å²) in [6.07, 6.45) is 0. The Bertz CT molecular complexity index is 474. The SMILES string of the molecule is CCOC(=O)C(C)(NCCN(C)C)c1c(F)cccc1F. The van der Waals surface area contributed by atoms with E-state index in [0.29, 0.717) is 13.1 Å². The van der Waals surface area contributed by atoms with Gasteiger partial charge in [0.2, 0.25) is 0 Å². The van der Waals surface area contributed by atoms with E-state index >= 15 is 0 Å². The number of hydrogen-bond acceptors (Lipinski definition) is 4. The molecule has 0 aliphatic rings. The first-order chi connectivity index (χ1) is 9.82. The molecular formula is C15H22F2N2O2. The summed E-state index contributed by atoms with van der Waals surface area (Å²) in [6.45, 7) is 4.22. The van der Waals surface area contributed by atoms with Crippen LogP contribution in [0.3, 0.4) is 0 Å². The summed E-state index contributed by atoms with van der Waals surface area (Å²) in [5, 5.41) is 2.91. The largest absolute Gasteiger partial charge is 0.464 e. The summed E-state index contributed by atoms with van der Waals surface area (Å²) in [5.74, 6) is -2.25. The molecule has 1 aromatic carbocycles. The first-order valence-electron chi connectivity index (χ1n) is 6.84. The smallest absolute Gasteiger partial charge is 0.330 e. The molecule has 0 spiro atoms. The minimum Gasteiger partial charge on any atom is -0.464 e. The van der Waals surface area contributed by atoms with Gasteiger partial charge in [-0.05, 0) is 40.1 Å². The molecule has 1 atom stereocenters. The van der Waals surface area contributed by atoms with Crippen LogP contribution in [0.4, 0.5) is 8.78 Å². The van der Waals surface area contributed by atoms with Crippen LogP contribution in [0.1, 0.15) is 19.4 Å². The Morgan fingerprint density at radius 1 is 1.33 bits per heavy atom. The van der Waals surface area contributed by atoms with E-state index < -0.39 is 23.1 Å². The lowest BCUT2D eigenvalue weighted by atomic mass is 9.90. The van der Waals surface area contributed by atoms with Crippen molar-refractivity contribution in [3.63, 3.8) is 0 Å². The topological polar surface area (TPSA) is 41.6 Å². The van der Waals surface area contributed by atoms with Crippen molar-refractivity contribution in [2.45, 2.75) is 19.4 Å². The van der Waals surface area contributed by atoms with Crippen LogP contribution in [0.5, 0.6) is 0 Å². The Labute approximate surface area is 124 Å². The molecule has 0 amide bonds. The van der Waals surface area contributed by atoms with Crippen molar-refractivity contribution in [1.82, 2.24) is 10.2 Å². The van der Waals surface area contributed by atoms with E-state index in [0.717, 1.165) is 12.1 Å². The number of rotatable bonds is 7.